The second kappa shape index (κ2) is 12.1. The van der Waals surface area contributed by atoms with Crippen molar-refractivity contribution in [2.45, 2.75) is 45.3 Å². The van der Waals surface area contributed by atoms with Crippen LogP contribution < -0.4 is 5.32 Å². The van der Waals surface area contributed by atoms with Crippen molar-refractivity contribution in [3.63, 3.8) is 0 Å². The first-order valence-corrected chi connectivity index (χ1v) is 12.6. The number of carbonyl (C=O) groups excluding carboxylic acids is 2. The van der Waals surface area contributed by atoms with Gasteiger partial charge in [0, 0.05) is 41.0 Å². The van der Waals surface area contributed by atoms with E-state index in [4.69, 9.17) is 4.74 Å². The minimum absolute atomic E-state index is 0.0954. The third-order valence-electron chi connectivity index (χ3n) is 6.16. The zero-order valence-corrected chi connectivity index (χ0v) is 21.5. The molecule has 0 aliphatic heterocycles. The Morgan fingerprint density at radius 1 is 1.03 bits per heavy atom. The summed E-state index contributed by atoms with van der Waals surface area (Å²) in [6.07, 6.45) is 2.31. The molecule has 1 amide bonds. The molecule has 11 heteroatoms. The fourth-order valence-electron chi connectivity index (χ4n) is 4.23. The van der Waals surface area contributed by atoms with Gasteiger partial charge in [-0.25, -0.2) is 9.97 Å². The number of ether oxygens (including phenoxy) is 1. The second-order valence-electron chi connectivity index (χ2n) is 8.89. The van der Waals surface area contributed by atoms with Crippen molar-refractivity contribution < 1.29 is 27.5 Å². The van der Waals surface area contributed by atoms with E-state index in [0.29, 0.717) is 23.6 Å². The summed E-state index contributed by atoms with van der Waals surface area (Å²) in [5, 5.41) is 8.06. The van der Waals surface area contributed by atoms with Gasteiger partial charge in [-0.15, -0.1) is 0 Å². The molecule has 4 rings (SSSR count). The van der Waals surface area contributed by atoms with Crippen molar-refractivity contribution in [1.82, 2.24) is 25.1 Å². The van der Waals surface area contributed by atoms with Gasteiger partial charge in [0.1, 0.15) is 0 Å². The number of esters is 1. The summed E-state index contributed by atoms with van der Waals surface area (Å²) in [5.41, 5.74) is 1.83. The van der Waals surface area contributed by atoms with Gasteiger partial charge in [0.25, 0.3) is 5.91 Å². The molecule has 0 bridgehead atoms. The molecule has 0 saturated carbocycles. The summed E-state index contributed by atoms with van der Waals surface area (Å²) in [6, 6.07) is 9.81. The van der Waals surface area contributed by atoms with Crippen LogP contribution in [0, 0.1) is 0 Å². The van der Waals surface area contributed by atoms with Gasteiger partial charge < -0.3 is 10.1 Å². The number of aromatic nitrogens is 4. The molecule has 2 aromatic heterocycles. The molecular formula is C28H28F3N5O3. The van der Waals surface area contributed by atoms with Gasteiger partial charge in [0.05, 0.1) is 36.3 Å². The number of halogens is 3. The number of nitrogens with zero attached hydrogens (tertiary/aromatic N) is 4. The average molecular weight is 540 g/mol. The van der Waals surface area contributed by atoms with Gasteiger partial charge in [0.15, 0.2) is 5.82 Å². The van der Waals surface area contributed by atoms with Gasteiger partial charge in [-0.3, -0.25) is 14.3 Å². The van der Waals surface area contributed by atoms with E-state index in [2.05, 4.69) is 27.3 Å². The first-order valence-electron chi connectivity index (χ1n) is 12.6. The van der Waals surface area contributed by atoms with Crippen molar-refractivity contribution in [3.05, 3.63) is 77.7 Å². The minimum Gasteiger partial charge on any atom is -0.466 e. The Balaban J connectivity index is 1.52. The molecular weight excluding hydrogens is 511 g/mol. The summed E-state index contributed by atoms with van der Waals surface area (Å²) in [6.45, 7) is 4.25. The molecule has 0 spiro atoms. The lowest BCUT2D eigenvalue weighted by Crippen LogP contribution is -2.26. The van der Waals surface area contributed by atoms with Crippen molar-refractivity contribution >= 4 is 22.8 Å². The van der Waals surface area contributed by atoms with E-state index in [1.54, 1.807) is 37.6 Å². The van der Waals surface area contributed by atoms with E-state index in [-0.39, 0.29) is 30.9 Å². The standard InChI is InChI=1S/C28H28F3N5O3/c1-3-5-23(21-15-33-26(34-16-21)18-6-9-22(10-7-18)28(29,30)31)36-24-11-8-19(14-20(24)17-35-36)27(38)32-13-12-25(37)39-4-2/h6-11,14-17,23H,3-5,12-13H2,1-2H3,(H,32,38). The quantitative estimate of drug-likeness (QED) is 0.264. The third kappa shape index (κ3) is 6.60. The molecule has 8 nitrogen and oxygen atoms in total. The van der Waals surface area contributed by atoms with Gasteiger partial charge in [-0.05, 0) is 43.7 Å². The zero-order valence-electron chi connectivity index (χ0n) is 21.5. The van der Waals surface area contributed by atoms with Gasteiger partial charge in [-0.2, -0.15) is 18.3 Å². The highest BCUT2D eigenvalue weighted by molar-refractivity contribution is 5.98. The van der Waals surface area contributed by atoms with Crippen LogP contribution >= 0.6 is 0 Å². The Labute approximate surface area is 223 Å². The van der Waals surface area contributed by atoms with E-state index in [9.17, 15) is 22.8 Å². The number of carbonyl (C=O) groups is 2. The summed E-state index contributed by atoms with van der Waals surface area (Å²) in [5.74, 6) is -0.342. The van der Waals surface area contributed by atoms with Gasteiger partial charge >= 0.3 is 12.1 Å². The number of hydrogen-bond acceptors (Lipinski definition) is 6. The van der Waals surface area contributed by atoms with Crippen LogP contribution in [-0.2, 0) is 15.7 Å². The maximum Gasteiger partial charge on any atom is 0.416 e. The monoisotopic (exact) mass is 539 g/mol. The van der Waals surface area contributed by atoms with Crippen LogP contribution in [0.5, 0.6) is 0 Å². The molecule has 204 valence electrons. The Hall–Kier alpha value is -4.28. The smallest absolute Gasteiger partial charge is 0.416 e. The van der Waals surface area contributed by atoms with Gasteiger partial charge in [-0.1, -0.05) is 25.5 Å². The molecule has 2 aromatic carbocycles. The molecule has 1 unspecified atom stereocenters. The summed E-state index contributed by atoms with van der Waals surface area (Å²) in [7, 11) is 0. The summed E-state index contributed by atoms with van der Waals surface area (Å²) >= 11 is 0. The summed E-state index contributed by atoms with van der Waals surface area (Å²) < 4.78 is 45.3. The molecule has 0 aliphatic rings. The van der Waals surface area contributed by atoms with E-state index in [1.165, 1.54) is 12.1 Å². The third-order valence-corrected chi connectivity index (χ3v) is 6.16. The topological polar surface area (TPSA) is 99.0 Å². The van der Waals surface area contributed by atoms with Crippen molar-refractivity contribution in [2.24, 2.45) is 0 Å². The molecule has 4 aromatic rings. The molecule has 0 fully saturated rings. The molecule has 39 heavy (non-hydrogen) atoms. The number of benzene rings is 2. The first kappa shape index (κ1) is 27.7. The Morgan fingerprint density at radius 2 is 1.74 bits per heavy atom. The maximum absolute atomic E-state index is 12.9. The lowest BCUT2D eigenvalue weighted by atomic mass is 10.0. The predicted octanol–water partition coefficient (Wildman–Crippen LogP) is 5.58. The number of hydrogen-bond donors (Lipinski definition) is 1. The minimum atomic E-state index is -4.40. The van der Waals surface area contributed by atoms with Crippen LogP contribution in [0.3, 0.4) is 0 Å². The van der Waals surface area contributed by atoms with Crippen LogP contribution in [-0.4, -0.2) is 44.8 Å². The highest BCUT2D eigenvalue weighted by atomic mass is 19.4. The Morgan fingerprint density at radius 3 is 2.38 bits per heavy atom. The molecule has 1 N–H and O–H groups in total. The largest absolute Gasteiger partial charge is 0.466 e. The van der Waals surface area contributed by atoms with Gasteiger partial charge in [0.2, 0.25) is 0 Å². The number of alkyl halides is 3. The first-order chi connectivity index (χ1) is 18.7. The van der Waals surface area contributed by atoms with E-state index >= 15 is 0 Å². The van der Waals surface area contributed by atoms with Crippen LogP contribution in [0.4, 0.5) is 13.2 Å². The summed E-state index contributed by atoms with van der Waals surface area (Å²) in [4.78, 5) is 32.8. The van der Waals surface area contributed by atoms with Crippen LogP contribution in [0.1, 0.15) is 60.6 Å². The van der Waals surface area contributed by atoms with Crippen LogP contribution in [0.2, 0.25) is 0 Å². The van der Waals surface area contributed by atoms with E-state index < -0.39 is 11.7 Å². The fraction of sp³-hybridized carbons (Fsp3) is 0.321. The average Bonchev–Trinajstić information content (AvgIpc) is 3.34. The second-order valence-corrected chi connectivity index (χ2v) is 8.89. The molecule has 0 radical (unpaired) electrons. The molecule has 0 aliphatic carbocycles. The lowest BCUT2D eigenvalue weighted by molar-refractivity contribution is -0.143. The molecule has 0 saturated heterocycles. The Kier molecular flexibility index (Phi) is 8.58. The normalized spacial score (nSPS) is 12.3. The highest BCUT2D eigenvalue weighted by Gasteiger charge is 2.30. The molecule has 1 atom stereocenters. The van der Waals surface area contributed by atoms with Crippen molar-refractivity contribution in [3.8, 4) is 11.4 Å². The van der Waals surface area contributed by atoms with Crippen molar-refractivity contribution in [2.75, 3.05) is 13.2 Å². The Bertz CT molecular complexity index is 1430. The number of amides is 1. The number of nitrogens with one attached hydrogen (secondary N) is 1. The lowest BCUT2D eigenvalue weighted by Gasteiger charge is -2.18. The van der Waals surface area contributed by atoms with Crippen LogP contribution in [0.15, 0.2) is 61.1 Å². The SMILES string of the molecule is CCCC(c1cnc(-c2ccc(C(F)(F)F)cc2)nc1)n1ncc2cc(C(=O)NCCC(=O)OCC)ccc21. The van der Waals surface area contributed by atoms with Crippen LogP contribution in [0.25, 0.3) is 22.3 Å². The maximum atomic E-state index is 12.9. The number of rotatable bonds is 10. The van der Waals surface area contributed by atoms with E-state index in [1.807, 2.05) is 10.7 Å². The zero-order chi connectivity index (χ0) is 28.0. The fourth-order valence-corrected chi connectivity index (χ4v) is 4.23. The number of fused-ring (bicyclic) bond motifs is 1. The van der Waals surface area contributed by atoms with Crippen molar-refractivity contribution in [1.29, 1.82) is 0 Å². The van der Waals surface area contributed by atoms with E-state index in [0.717, 1.165) is 41.4 Å². The molecule has 2 heterocycles. The predicted molar refractivity (Wildman–Crippen MR) is 139 cm³/mol. The highest BCUT2D eigenvalue weighted by Crippen LogP contribution is 2.31.